The van der Waals surface area contributed by atoms with E-state index in [9.17, 15) is 4.79 Å². The van der Waals surface area contributed by atoms with E-state index in [0.717, 1.165) is 6.42 Å². The summed E-state index contributed by atoms with van der Waals surface area (Å²) < 4.78 is 10.0. The second-order valence-corrected chi connectivity index (χ2v) is 4.10. The van der Waals surface area contributed by atoms with Gasteiger partial charge in [0.15, 0.2) is 0 Å². The number of anilines is 1. The minimum atomic E-state index is -0.0688. The lowest BCUT2D eigenvalue weighted by Crippen LogP contribution is -2.35. The van der Waals surface area contributed by atoms with Gasteiger partial charge in [-0.05, 0) is 18.6 Å². The van der Waals surface area contributed by atoms with Crippen LogP contribution >= 0.6 is 0 Å². The lowest BCUT2D eigenvalue weighted by molar-refractivity contribution is 0.0674. The molecule has 0 spiro atoms. The predicted molar refractivity (Wildman–Crippen MR) is 72.9 cm³/mol. The molecule has 0 atom stereocenters. The van der Waals surface area contributed by atoms with Gasteiger partial charge in [-0.25, -0.2) is 4.98 Å². The number of ether oxygens (including phenoxy) is 2. The lowest BCUT2D eigenvalue weighted by atomic mass is 10.2. The normalized spacial score (nSPS) is 10.4. The van der Waals surface area contributed by atoms with Crippen molar-refractivity contribution in [1.82, 2.24) is 9.88 Å². The zero-order chi connectivity index (χ0) is 14.1. The Balaban J connectivity index is 2.66. The second-order valence-electron chi connectivity index (χ2n) is 4.10. The van der Waals surface area contributed by atoms with Gasteiger partial charge in [0.2, 0.25) is 0 Å². The quantitative estimate of drug-likeness (QED) is 0.705. The van der Waals surface area contributed by atoms with Crippen LogP contribution in [0.15, 0.2) is 18.3 Å². The van der Waals surface area contributed by atoms with Crippen LogP contribution in [0.25, 0.3) is 0 Å². The van der Waals surface area contributed by atoms with Crippen molar-refractivity contribution in [3.63, 3.8) is 0 Å². The van der Waals surface area contributed by atoms with Crippen molar-refractivity contribution in [2.75, 3.05) is 46.3 Å². The summed E-state index contributed by atoms with van der Waals surface area (Å²) in [7, 11) is 3.26. The third kappa shape index (κ3) is 5.23. The Morgan fingerprint density at radius 2 is 2.00 bits per heavy atom. The van der Waals surface area contributed by atoms with Gasteiger partial charge >= 0.3 is 0 Å². The molecule has 0 unspecified atom stereocenters. The van der Waals surface area contributed by atoms with Gasteiger partial charge < -0.3 is 20.1 Å². The lowest BCUT2D eigenvalue weighted by Gasteiger charge is -2.22. The number of rotatable bonds is 8. The maximum atomic E-state index is 12.3. The highest BCUT2D eigenvalue weighted by Crippen LogP contribution is 2.06. The molecule has 6 heteroatoms. The molecule has 0 fully saturated rings. The summed E-state index contributed by atoms with van der Waals surface area (Å²) in [5, 5.41) is 0. The van der Waals surface area contributed by atoms with E-state index in [1.165, 1.54) is 6.20 Å². The number of nitrogen functional groups attached to an aromatic ring is 1. The van der Waals surface area contributed by atoms with Crippen LogP contribution in [0.2, 0.25) is 0 Å². The Kier molecular flexibility index (Phi) is 6.84. The van der Waals surface area contributed by atoms with Crippen molar-refractivity contribution in [1.29, 1.82) is 0 Å². The summed E-state index contributed by atoms with van der Waals surface area (Å²) in [4.78, 5) is 18.0. The molecule has 1 heterocycles. The highest BCUT2D eigenvalue weighted by Gasteiger charge is 2.15. The SMILES string of the molecule is COCCCN(CCOC)C(=O)c1ccc(N)nc1. The summed E-state index contributed by atoms with van der Waals surface area (Å²) in [6, 6.07) is 3.30. The van der Waals surface area contributed by atoms with E-state index in [1.54, 1.807) is 31.3 Å². The molecule has 0 aliphatic carbocycles. The number of carbonyl (C=O) groups excluding carboxylic acids is 1. The van der Waals surface area contributed by atoms with Crippen LogP contribution in [0, 0.1) is 0 Å². The van der Waals surface area contributed by atoms with E-state index < -0.39 is 0 Å². The van der Waals surface area contributed by atoms with Gasteiger partial charge in [-0.1, -0.05) is 0 Å². The topological polar surface area (TPSA) is 77.7 Å². The largest absolute Gasteiger partial charge is 0.385 e. The molecule has 19 heavy (non-hydrogen) atoms. The van der Waals surface area contributed by atoms with Gasteiger partial charge in [-0.2, -0.15) is 0 Å². The zero-order valence-electron chi connectivity index (χ0n) is 11.5. The van der Waals surface area contributed by atoms with Crippen molar-refractivity contribution in [3.8, 4) is 0 Å². The van der Waals surface area contributed by atoms with Crippen LogP contribution in [0.1, 0.15) is 16.8 Å². The van der Waals surface area contributed by atoms with E-state index >= 15 is 0 Å². The summed E-state index contributed by atoms with van der Waals surface area (Å²) in [6.45, 7) is 2.29. The average molecular weight is 267 g/mol. The first kappa shape index (κ1) is 15.4. The van der Waals surface area contributed by atoms with Crippen molar-refractivity contribution in [2.45, 2.75) is 6.42 Å². The Morgan fingerprint density at radius 1 is 1.26 bits per heavy atom. The smallest absolute Gasteiger partial charge is 0.255 e. The fourth-order valence-corrected chi connectivity index (χ4v) is 1.63. The van der Waals surface area contributed by atoms with Crippen molar-refractivity contribution in [3.05, 3.63) is 23.9 Å². The monoisotopic (exact) mass is 267 g/mol. The highest BCUT2D eigenvalue weighted by molar-refractivity contribution is 5.94. The summed E-state index contributed by atoms with van der Waals surface area (Å²) in [5.41, 5.74) is 6.04. The number of pyridine rings is 1. The van der Waals surface area contributed by atoms with E-state index in [1.807, 2.05) is 0 Å². The zero-order valence-corrected chi connectivity index (χ0v) is 11.5. The molecule has 2 N–H and O–H groups in total. The molecule has 0 aliphatic heterocycles. The van der Waals surface area contributed by atoms with Gasteiger partial charge in [0.25, 0.3) is 5.91 Å². The standard InChI is InChI=1S/C13H21N3O3/c1-18-8-3-6-16(7-9-19-2)13(17)11-4-5-12(14)15-10-11/h4-5,10H,3,6-9H2,1-2H3,(H2,14,15). The second kappa shape index (κ2) is 8.44. The Bertz CT molecular complexity index is 381. The third-order valence-corrected chi connectivity index (χ3v) is 2.66. The molecule has 1 rings (SSSR count). The predicted octanol–water partition coefficient (Wildman–Crippen LogP) is 0.789. The first-order chi connectivity index (χ1) is 9.19. The molecule has 0 aliphatic rings. The Hall–Kier alpha value is -1.66. The fourth-order valence-electron chi connectivity index (χ4n) is 1.63. The van der Waals surface area contributed by atoms with Crippen LogP contribution in [-0.2, 0) is 9.47 Å². The molecule has 0 bridgehead atoms. The molecule has 0 radical (unpaired) electrons. The number of hydrogen-bond acceptors (Lipinski definition) is 5. The first-order valence-electron chi connectivity index (χ1n) is 6.17. The summed E-state index contributed by atoms with van der Waals surface area (Å²) in [5.74, 6) is 0.333. The number of carbonyl (C=O) groups is 1. The molecule has 1 aromatic rings. The summed E-state index contributed by atoms with van der Waals surface area (Å²) >= 11 is 0. The van der Waals surface area contributed by atoms with E-state index in [0.29, 0.717) is 37.7 Å². The maximum Gasteiger partial charge on any atom is 0.255 e. The average Bonchev–Trinajstić information content (AvgIpc) is 2.43. The third-order valence-electron chi connectivity index (χ3n) is 2.66. The molecule has 0 aromatic carbocycles. The first-order valence-corrected chi connectivity index (χ1v) is 6.17. The van der Waals surface area contributed by atoms with E-state index in [-0.39, 0.29) is 5.91 Å². The van der Waals surface area contributed by atoms with Crippen LogP contribution in [0.5, 0.6) is 0 Å². The van der Waals surface area contributed by atoms with Crippen LogP contribution in [-0.4, -0.2) is 56.3 Å². The number of methoxy groups -OCH3 is 2. The van der Waals surface area contributed by atoms with Crippen molar-refractivity contribution >= 4 is 11.7 Å². The number of aromatic nitrogens is 1. The number of nitrogens with two attached hydrogens (primary N) is 1. The van der Waals surface area contributed by atoms with Crippen molar-refractivity contribution < 1.29 is 14.3 Å². The number of hydrogen-bond donors (Lipinski definition) is 1. The maximum absolute atomic E-state index is 12.3. The van der Waals surface area contributed by atoms with Gasteiger partial charge in [0.1, 0.15) is 5.82 Å². The Labute approximate surface area is 113 Å². The molecule has 0 saturated carbocycles. The molecular weight excluding hydrogens is 246 g/mol. The van der Waals surface area contributed by atoms with Gasteiger partial charge in [-0.15, -0.1) is 0 Å². The molecule has 1 amide bonds. The van der Waals surface area contributed by atoms with E-state index in [4.69, 9.17) is 15.2 Å². The Morgan fingerprint density at radius 3 is 2.58 bits per heavy atom. The number of amides is 1. The van der Waals surface area contributed by atoms with Gasteiger partial charge in [-0.3, -0.25) is 4.79 Å². The van der Waals surface area contributed by atoms with E-state index in [2.05, 4.69) is 4.98 Å². The minimum Gasteiger partial charge on any atom is -0.385 e. The molecule has 1 aromatic heterocycles. The summed E-state index contributed by atoms with van der Waals surface area (Å²) in [6.07, 6.45) is 2.28. The van der Waals surface area contributed by atoms with Gasteiger partial charge in [0, 0.05) is 40.1 Å². The van der Waals surface area contributed by atoms with Crippen molar-refractivity contribution in [2.24, 2.45) is 0 Å². The van der Waals surface area contributed by atoms with Crippen LogP contribution in [0.3, 0.4) is 0 Å². The highest BCUT2D eigenvalue weighted by atomic mass is 16.5. The number of nitrogens with zero attached hydrogens (tertiary/aromatic N) is 2. The molecule has 6 nitrogen and oxygen atoms in total. The molecule has 106 valence electrons. The van der Waals surface area contributed by atoms with Gasteiger partial charge in [0.05, 0.1) is 12.2 Å². The van der Waals surface area contributed by atoms with Crippen LogP contribution in [0.4, 0.5) is 5.82 Å². The fraction of sp³-hybridized carbons (Fsp3) is 0.538. The molecule has 0 saturated heterocycles. The van der Waals surface area contributed by atoms with Crippen LogP contribution < -0.4 is 5.73 Å². The minimum absolute atomic E-state index is 0.0688. The molecular formula is C13H21N3O3.